The van der Waals surface area contributed by atoms with Crippen LogP contribution in [0.3, 0.4) is 0 Å². The number of aliphatic hydroxyl groups excluding tert-OH is 1. The Morgan fingerprint density at radius 3 is 2.54 bits per heavy atom. The summed E-state index contributed by atoms with van der Waals surface area (Å²) in [6, 6.07) is 25.6. The number of hydrogen-bond acceptors (Lipinski definition) is 8. The van der Waals surface area contributed by atoms with Gasteiger partial charge in [0, 0.05) is 5.75 Å². The number of amides is 1. The number of allylic oxidation sites excluding steroid dienone is 1. The van der Waals surface area contributed by atoms with Crippen molar-refractivity contribution in [1.82, 2.24) is 10.2 Å². The molecule has 0 spiro atoms. The van der Waals surface area contributed by atoms with E-state index in [9.17, 15) is 14.7 Å². The van der Waals surface area contributed by atoms with Crippen LogP contribution >= 0.6 is 23.1 Å². The van der Waals surface area contributed by atoms with Crippen molar-refractivity contribution in [2.75, 3.05) is 11.5 Å². The Balaban J connectivity index is 1.49. The fraction of sp³-hybridized carbons (Fsp3) is 0.133. The number of rotatable bonds is 10. The number of nitrogens with zero attached hydrogens (tertiary/aromatic N) is 3. The molecule has 0 aliphatic carbocycles. The summed E-state index contributed by atoms with van der Waals surface area (Å²) in [5.41, 5.74) is 2.56. The van der Waals surface area contributed by atoms with Crippen LogP contribution in [0.2, 0.25) is 0 Å². The summed E-state index contributed by atoms with van der Waals surface area (Å²) in [5.74, 6) is -0.480. The molecule has 1 aliphatic heterocycles. The topological polar surface area (TPSA) is 92.6 Å². The van der Waals surface area contributed by atoms with Crippen LogP contribution in [-0.4, -0.2) is 33.6 Å². The molecule has 39 heavy (non-hydrogen) atoms. The number of carbonyl (C=O) groups excluding carboxylic acids is 2. The molecule has 1 amide bonds. The van der Waals surface area contributed by atoms with Gasteiger partial charge in [0.05, 0.1) is 18.2 Å². The molecule has 1 unspecified atom stereocenters. The lowest BCUT2D eigenvalue weighted by Crippen LogP contribution is -2.30. The second kappa shape index (κ2) is 12.1. The molecule has 0 saturated heterocycles. The third-order valence-electron chi connectivity index (χ3n) is 5.99. The van der Waals surface area contributed by atoms with Gasteiger partial charge in [0.15, 0.2) is 15.9 Å². The highest BCUT2D eigenvalue weighted by atomic mass is 32.2. The number of anilines is 1. The van der Waals surface area contributed by atoms with Gasteiger partial charge >= 0.3 is 0 Å². The molecule has 1 aliphatic rings. The first-order chi connectivity index (χ1) is 19.0. The van der Waals surface area contributed by atoms with E-state index in [-0.39, 0.29) is 5.57 Å². The highest BCUT2D eigenvalue weighted by molar-refractivity contribution is 8.00. The average molecular weight is 556 g/mol. The SMILES string of the molecule is CCOc1cccc(C2C(C(=O)/C=C/c3ccccc3)=C(O)C(=O)N2c2nnc(SCc3ccccc3)s2)c1. The van der Waals surface area contributed by atoms with Crippen LogP contribution in [-0.2, 0) is 15.3 Å². The summed E-state index contributed by atoms with van der Waals surface area (Å²) in [6.07, 6.45) is 3.03. The predicted octanol–water partition coefficient (Wildman–Crippen LogP) is 6.41. The Morgan fingerprint density at radius 1 is 1.05 bits per heavy atom. The highest BCUT2D eigenvalue weighted by Crippen LogP contribution is 2.44. The standard InChI is InChI=1S/C30H25N3O4S2/c1-2-37-23-15-9-14-22(18-23)26-25(24(34)17-16-20-10-5-3-6-11-20)27(35)28(36)33(26)29-31-32-30(39-29)38-19-21-12-7-4-8-13-21/h3-18,26,35H,2,19H2,1H3/b17-16+. The van der Waals surface area contributed by atoms with E-state index in [1.54, 1.807) is 30.3 Å². The lowest BCUT2D eigenvalue weighted by molar-refractivity contribution is -0.117. The van der Waals surface area contributed by atoms with Gasteiger partial charge < -0.3 is 9.84 Å². The number of ketones is 1. The number of thioether (sulfide) groups is 1. The van der Waals surface area contributed by atoms with Crippen molar-refractivity contribution in [3.8, 4) is 5.75 Å². The maximum absolute atomic E-state index is 13.5. The van der Waals surface area contributed by atoms with Crippen molar-refractivity contribution in [1.29, 1.82) is 0 Å². The van der Waals surface area contributed by atoms with Crippen LogP contribution in [0.4, 0.5) is 5.13 Å². The van der Waals surface area contributed by atoms with Gasteiger partial charge in [0.25, 0.3) is 5.91 Å². The molecule has 0 bridgehead atoms. The van der Waals surface area contributed by atoms with Crippen molar-refractivity contribution >= 4 is 46.0 Å². The number of carbonyl (C=O) groups is 2. The van der Waals surface area contributed by atoms with Gasteiger partial charge in [0.2, 0.25) is 5.13 Å². The minimum Gasteiger partial charge on any atom is -0.503 e. The molecule has 0 radical (unpaired) electrons. The summed E-state index contributed by atoms with van der Waals surface area (Å²) < 4.78 is 6.34. The van der Waals surface area contributed by atoms with E-state index in [4.69, 9.17) is 4.74 Å². The van der Waals surface area contributed by atoms with Gasteiger partial charge in [-0.15, -0.1) is 10.2 Å². The molecule has 9 heteroatoms. The number of aromatic nitrogens is 2. The average Bonchev–Trinajstić information content (AvgIpc) is 3.54. The zero-order valence-electron chi connectivity index (χ0n) is 21.1. The number of ether oxygens (including phenoxy) is 1. The molecule has 3 aromatic carbocycles. The maximum atomic E-state index is 13.5. The molecule has 196 valence electrons. The third-order valence-corrected chi connectivity index (χ3v) is 8.12. The van der Waals surface area contributed by atoms with Crippen molar-refractivity contribution in [3.05, 3.63) is 119 Å². The van der Waals surface area contributed by atoms with Gasteiger partial charge in [-0.2, -0.15) is 0 Å². The van der Waals surface area contributed by atoms with Crippen LogP contribution in [0.15, 0.2) is 107 Å². The lowest BCUT2D eigenvalue weighted by atomic mass is 9.95. The van der Waals surface area contributed by atoms with E-state index >= 15 is 0 Å². The molecule has 4 aromatic rings. The Morgan fingerprint density at radius 2 is 1.79 bits per heavy atom. The van der Waals surface area contributed by atoms with Crippen molar-refractivity contribution in [2.45, 2.75) is 23.1 Å². The second-order valence-corrected chi connectivity index (χ2v) is 10.8. The molecule has 2 heterocycles. The third kappa shape index (κ3) is 5.94. The Bertz CT molecular complexity index is 1530. The van der Waals surface area contributed by atoms with E-state index in [1.807, 2.05) is 67.6 Å². The normalized spacial score (nSPS) is 15.4. The maximum Gasteiger partial charge on any atom is 0.296 e. The minimum absolute atomic E-state index is 0.0190. The molecule has 1 N–H and O–H groups in total. The predicted molar refractivity (Wildman–Crippen MR) is 154 cm³/mol. The van der Waals surface area contributed by atoms with Gasteiger partial charge in [-0.1, -0.05) is 102 Å². The first-order valence-electron chi connectivity index (χ1n) is 12.3. The molecule has 1 aromatic heterocycles. The van der Waals surface area contributed by atoms with Gasteiger partial charge in [-0.05, 0) is 41.8 Å². The van der Waals surface area contributed by atoms with Crippen LogP contribution in [0.1, 0.15) is 29.7 Å². The fourth-order valence-corrected chi connectivity index (χ4v) is 6.04. The van der Waals surface area contributed by atoms with E-state index < -0.39 is 23.5 Å². The number of aliphatic hydroxyl groups is 1. The summed E-state index contributed by atoms with van der Waals surface area (Å²) in [5, 5.41) is 19.8. The Kier molecular flexibility index (Phi) is 8.19. The fourth-order valence-electron chi connectivity index (χ4n) is 4.21. The largest absolute Gasteiger partial charge is 0.503 e. The number of benzene rings is 3. The second-order valence-electron chi connectivity index (χ2n) is 8.58. The molecular weight excluding hydrogens is 530 g/mol. The zero-order valence-corrected chi connectivity index (χ0v) is 22.7. The van der Waals surface area contributed by atoms with Crippen molar-refractivity contribution in [3.63, 3.8) is 0 Å². The molecule has 7 nitrogen and oxygen atoms in total. The van der Waals surface area contributed by atoms with Gasteiger partial charge in [-0.3, -0.25) is 14.5 Å². The summed E-state index contributed by atoms with van der Waals surface area (Å²) in [7, 11) is 0. The summed E-state index contributed by atoms with van der Waals surface area (Å²) in [4.78, 5) is 28.2. The summed E-state index contributed by atoms with van der Waals surface area (Å²) >= 11 is 2.75. The van der Waals surface area contributed by atoms with E-state index in [1.165, 1.54) is 34.1 Å². The molecule has 0 fully saturated rings. The van der Waals surface area contributed by atoms with Crippen molar-refractivity contribution in [2.24, 2.45) is 0 Å². The quantitative estimate of drug-likeness (QED) is 0.137. The molecule has 5 rings (SSSR count). The summed E-state index contributed by atoms with van der Waals surface area (Å²) in [6.45, 7) is 2.34. The van der Waals surface area contributed by atoms with E-state index in [0.29, 0.717) is 33.1 Å². The first kappa shape index (κ1) is 26.4. The molecule has 0 saturated carbocycles. The monoisotopic (exact) mass is 555 g/mol. The lowest BCUT2D eigenvalue weighted by Gasteiger charge is -2.24. The Hall–Kier alpha value is -4.21. The van der Waals surface area contributed by atoms with E-state index in [0.717, 1.165) is 11.1 Å². The van der Waals surface area contributed by atoms with E-state index in [2.05, 4.69) is 10.2 Å². The van der Waals surface area contributed by atoms with Crippen LogP contribution < -0.4 is 9.64 Å². The van der Waals surface area contributed by atoms with Crippen LogP contribution in [0.25, 0.3) is 6.08 Å². The van der Waals surface area contributed by atoms with Gasteiger partial charge in [-0.25, -0.2) is 0 Å². The van der Waals surface area contributed by atoms with Crippen LogP contribution in [0.5, 0.6) is 5.75 Å². The smallest absolute Gasteiger partial charge is 0.296 e. The highest BCUT2D eigenvalue weighted by Gasteiger charge is 2.45. The first-order valence-corrected chi connectivity index (χ1v) is 14.1. The minimum atomic E-state index is -0.897. The Labute approximate surface area is 234 Å². The molecule has 1 atom stereocenters. The zero-order chi connectivity index (χ0) is 27.2. The number of hydrogen-bond donors (Lipinski definition) is 1. The molecular formula is C30H25N3O4S2. The van der Waals surface area contributed by atoms with Gasteiger partial charge in [0.1, 0.15) is 5.75 Å². The van der Waals surface area contributed by atoms with Crippen LogP contribution in [0, 0.1) is 0 Å². The van der Waals surface area contributed by atoms with Crippen molar-refractivity contribution < 1.29 is 19.4 Å².